The van der Waals surface area contributed by atoms with Gasteiger partial charge in [0.1, 0.15) is 8.07 Å². The summed E-state index contributed by atoms with van der Waals surface area (Å²) < 4.78 is 25.8. The molecule has 0 saturated heterocycles. The third kappa shape index (κ3) is 2.06. The van der Waals surface area contributed by atoms with Crippen LogP contribution in [0, 0.1) is 5.92 Å². The second-order valence-electron chi connectivity index (χ2n) is 6.97. The van der Waals surface area contributed by atoms with Crippen LogP contribution in [-0.4, -0.2) is 26.6 Å². The molecule has 2 nitrogen and oxygen atoms in total. The van der Waals surface area contributed by atoms with Crippen LogP contribution in [0.5, 0.6) is 0 Å². The smallest absolute Gasteiger partial charge is 0.157 e. The van der Waals surface area contributed by atoms with Crippen molar-refractivity contribution in [1.82, 2.24) is 0 Å². The van der Waals surface area contributed by atoms with Crippen LogP contribution < -0.4 is 5.19 Å². The number of hydrogen-bond donors (Lipinski definition) is 0. The Hall–Kier alpha value is -0.873. The maximum absolute atomic E-state index is 13.1. The third-order valence-electron chi connectivity index (χ3n) is 5.78. The number of benzene rings is 1. The van der Waals surface area contributed by atoms with Gasteiger partial charge in [-0.05, 0) is 25.2 Å². The Balaban J connectivity index is 2.19. The first-order valence-electron chi connectivity index (χ1n) is 7.85. The number of rotatable bonds is 3. The van der Waals surface area contributed by atoms with E-state index in [2.05, 4.69) is 31.3 Å². The van der Waals surface area contributed by atoms with E-state index in [9.17, 15) is 8.42 Å². The van der Waals surface area contributed by atoms with Gasteiger partial charge in [-0.1, -0.05) is 67.2 Å². The molecule has 1 heterocycles. The number of hydrogen-bond acceptors (Lipinski definition) is 2. The minimum absolute atomic E-state index is 0.229. The van der Waals surface area contributed by atoms with Gasteiger partial charge in [0.05, 0.1) is 10.1 Å². The molecule has 1 aromatic carbocycles. The van der Waals surface area contributed by atoms with Gasteiger partial charge in [0.25, 0.3) is 0 Å². The van der Waals surface area contributed by atoms with E-state index in [0.29, 0.717) is 12.3 Å². The van der Waals surface area contributed by atoms with Gasteiger partial charge in [-0.15, -0.1) is 0 Å². The molecule has 1 fully saturated rings. The molecular weight excluding hydrogens is 296 g/mol. The fourth-order valence-corrected chi connectivity index (χ4v) is 13.2. The van der Waals surface area contributed by atoms with Crippen molar-refractivity contribution >= 4 is 23.1 Å². The summed E-state index contributed by atoms with van der Waals surface area (Å²) in [5.41, 5.74) is 0. The minimum Gasteiger partial charge on any atom is -0.228 e. The van der Waals surface area contributed by atoms with Crippen LogP contribution in [0.3, 0.4) is 0 Å². The lowest BCUT2D eigenvalue weighted by molar-refractivity contribution is 0.270. The molecule has 0 radical (unpaired) electrons. The molecule has 1 aromatic rings. The molecule has 1 atom stereocenters. The summed E-state index contributed by atoms with van der Waals surface area (Å²) in [6, 6.07) is 10.4. The molecular formula is C17H24O2SSi. The van der Waals surface area contributed by atoms with E-state index in [4.69, 9.17) is 0 Å². The first-order valence-corrected chi connectivity index (χ1v) is 12.5. The van der Waals surface area contributed by atoms with E-state index in [1.165, 1.54) is 11.6 Å². The Morgan fingerprint density at radius 1 is 1.10 bits per heavy atom. The van der Waals surface area contributed by atoms with E-state index in [-0.39, 0.29) is 5.75 Å². The highest BCUT2D eigenvalue weighted by Crippen LogP contribution is 2.50. The minimum atomic E-state index is -3.08. The van der Waals surface area contributed by atoms with Crippen LogP contribution in [0.15, 0.2) is 42.5 Å². The van der Waals surface area contributed by atoms with E-state index in [1.54, 1.807) is 0 Å². The van der Waals surface area contributed by atoms with Crippen molar-refractivity contribution in [3.8, 4) is 0 Å². The quantitative estimate of drug-likeness (QED) is 0.633. The average molecular weight is 321 g/mol. The summed E-state index contributed by atoms with van der Waals surface area (Å²) in [7, 11) is -5.21. The van der Waals surface area contributed by atoms with Gasteiger partial charge >= 0.3 is 0 Å². The van der Waals surface area contributed by atoms with Crippen molar-refractivity contribution in [1.29, 1.82) is 0 Å². The SMILES string of the molecule is C[Si](C)(c1ccccc1)C1(C2CCC2)CC=CCS1(=O)=O. The largest absolute Gasteiger partial charge is 0.228 e. The van der Waals surface area contributed by atoms with Crippen LogP contribution in [0.2, 0.25) is 13.1 Å². The zero-order valence-electron chi connectivity index (χ0n) is 12.9. The second-order valence-corrected chi connectivity index (χ2v) is 14.3. The Kier molecular flexibility index (Phi) is 3.65. The molecule has 0 spiro atoms. The van der Waals surface area contributed by atoms with Gasteiger partial charge in [-0.25, -0.2) is 8.42 Å². The highest BCUT2D eigenvalue weighted by atomic mass is 32.2. The van der Waals surface area contributed by atoms with Crippen molar-refractivity contribution in [3.63, 3.8) is 0 Å². The Bertz CT molecular complexity index is 645. The molecule has 3 rings (SSSR count). The molecule has 2 aliphatic rings. The van der Waals surface area contributed by atoms with Gasteiger partial charge in [-0.3, -0.25) is 0 Å². The monoisotopic (exact) mass is 320 g/mol. The molecule has 1 saturated carbocycles. The Labute approximate surface area is 129 Å². The molecule has 0 N–H and O–H groups in total. The van der Waals surface area contributed by atoms with Crippen LogP contribution in [0.1, 0.15) is 25.7 Å². The maximum atomic E-state index is 13.1. The third-order valence-corrected chi connectivity index (χ3v) is 15.0. The zero-order chi connectivity index (χ0) is 15.1. The zero-order valence-corrected chi connectivity index (χ0v) is 14.7. The Morgan fingerprint density at radius 3 is 2.29 bits per heavy atom. The number of allylic oxidation sites excluding steroid dienone is 1. The van der Waals surface area contributed by atoms with E-state index >= 15 is 0 Å². The molecule has 1 unspecified atom stereocenters. The summed E-state index contributed by atoms with van der Waals surface area (Å²) in [6.45, 7) is 4.52. The molecule has 21 heavy (non-hydrogen) atoms. The summed E-state index contributed by atoms with van der Waals surface area (Å²) in [6.07, 6.45) is 8.03. The van der Waals surface area contributed by atoms with Crippen LogP contribution in [-0.2, 0) is 9.84 Å². The van der Waals surface area contributed by atoms with Crippen LogP contribution >= 0.6 is 0 Å². The fourth-order valence-electron chi connectivity index (χ4n) is 4.28. The first kappa shape index (κ1) is 15.0. The second kappa shape index (κ2) is 5.09. The lowest BCUT2D eigenvalue weighted by atomic mass is 9.81. The molecule has 4 heteroatoms. The van der Waals surface area contributed by atoms with Gasteiger partial charge in [0.15, 0.2) is 9.84 Å². The highest BCUT2D eigenvalue weighted by Gasteiger charge is 2.61. The average Bonchev–Trinajstić information content (AvgIpc) is 2.39. The molecule has 0 aromatic heterocycles. The summed E-state index contributed by atoms with van der Waals surface area (Å²) in [4.78, 5) is 0. The molecule has 114 valence electrons. The van der Waals surface area contributed by atoms with Gasteiger partial charge in [0, 0.05) is 0 Å². The van der Waals surface area contributed by atoms with Crippen LogP contribution in [0.4, 0.5) is 0 Å². The summed E-state index contributed by atoms with van der Waals surface area (Å²) in [5.74, 6) is 0.585. The normalized spacial score (nSPS) is 29.0. The first-order chi connectivity index (χ1) is 9.92. The van der Waals surface area contributed by atoms with E-state index in [1.807, 2.05) is 24.3 Å². The van der Waals surface area contributed by atoms with E-state index < -0.39 is 22.3 Å². The predicted octanol–water partition coefficient (Wildman–Crippen LogP) is 3.05. The molecule has 1 aliphatic carbocycles. The Morgan fingerprint density at radius 2 is 1.76 bits per heavy atom. The van der Waals surface area contributed by atoms with Crippen molar-refractivity contribution in [2.24, 2.45) is 5.92 Å². The van der Waals surface area contributed by atoms with Crippen molar-refractivity contribution in [2.75, 3.05) is 5.75 Å². The van der Waals surface area contributed by atoms with Gasteiger partial charge in [-0.2, -0.15) is 0 Å². The van der Waals surface area contributed by atoms with E-state index in [0.717, 1.165) is 12.8 Å². The lowest BCUT2D eigenvalue weighted by Crippen LogP contribution is -2.71. The van der Waals surface area contributed by atoms with Crippen molar-refractivity contribution in [3.05, 3.63) is 42.5 Å². The molecule has 0 bridgehead atoms. The molecule has 1 aliphatic heterocycles. The van der Waals surface area contributed by atoms with Gasteiger partial charge in [0.2, 0.25) is 0 Å². The molecule has 0 amide bonds. The van der Waals surface area contributed by atoms with Crippen LogP contribution in [0.25, 0.3) is 0 Å². The number of sulfone groups is 1. The standard InChI is InChI=1S/C17H24O2SSi/c1-21(2,16-11-4-3-5-12-16)17(15-9-8-10-15)13-6-7-14-20(17,18)19/h3-7,11-12,15H,8-10,13-14H2,1-2H3. The maximum Gasteiger partial charge on any atom is 0.157 e. The summed E-state index contributed by atoms with van der Waals surface area (Å²) >= 11 is 0. The van der Waals surface area contributed by atoms with Gasteiger partial charge < -0.3 is 0 Å². The highest BCUT2D eigenvalue weighted by molar-refractivity contribution is 7.95. The van der Waals surface area contributed by atoms with Crippen molar-refractivity contribution in [2.45, 2.75) is 43.1 Å². The predicted molar refractivity (Wildman–Crippen MR) is 91.2 cm³/mol. The summed E-state index contributed by atoms with van der Waals surface area (Å²) in [5, 5.41) is 1.27. The topological polar surface area (TPSA) is 34.1 Å². The lowest BCUT2D eigenvalue weighted by Gasteiger charge is -2.53. The van der Waals surface area contributed by atoms with Crippen molar-refractivity contribution < 1.29 is 8.42 Å². The fraction of sp³-hybridized carbons (Fsp3) is 0.529.